The molecule has 0 heterocycles. The maximum absolute atomic E-state index is 9.58. The molecule has 0 radical (unpaired) electrons. The van der Waals surface area contributed by atoms with Gasteiger partial charge >= 0.3 is 0 Å². The van der Waals surface area contributed by atoms with E-state index in [1.165, 1.54) is 6.07 Å². The second-order valence-electron chi connectivity index (χ2n) is 5.69. The van der Waals surface area contributed by atoms with Gasteiger partial charge < -0.3 is 20.4 Å². The number of aromatic hydroxyl groups is 4. The molecule has 4 rings (SSSR count). The van der Waals surface area contributed by atoms with Crippen molar-refractivity contribution in [3.05, 3.63) is 84.9 Å². The fourth-order valence-electron chi connectivity index (χ4n) is 2.65. The smallest absolute Gasteiger partial charge is 0.165 e. The molecule has 4 heteroatoms. The maximum atomic E-state index is 9.58. The minimum absolute atomic E-state index is 0.0481. The third-order valence-corrected chi connectivity index (χ3v) is 3.98. The Morgan fingerprint density at radius 2 is 0.923 bits per heavy atom. The number of rotatable bonds is 1. The zero-order valence-corrected chi connectivity index (χ0v) is 13.9. The number of benzene rings is 4. The van der Waals surface area contributed by atoms with Crippen LogP contribution in [0.3, 0.4) is 0 Å². The molecule has 130 valence electrons. The predicted octanol–water partition coefficient (Wildman–Crippen LogP) is 5.02. The summed E-state index contributed by atoms with van der Waals surface area (Å²) in [5.74, 6) is 0.227. The van der Waals surface area contributed by atoms with E-state index in [2.05, 4.69) is 0 Å². The van der Waals surface area contributed by atoms with Crippen molar-refractivity contribution < 1.29 is 20.4 Å². The minimum Gasteiger partial charge on any atom is -0.507 e. The third-order valence-electron chi connectivity index (χ3n) is 3.98. The molecule has 0 aliphatic carbocycles. The Hall–Kier alpha value is -3.66. The first kappa shape index (κ1) is 17.2. The van der Waals surface area contributed by atoms with E-state index in [9.17, 15) is 15.3 Å². The van der Waals surface area contributed by atoms with Crippen molar-refractivity contribution in [1.82, 2.24) is 0 Å². The lowest BCUT2D eigenvalue weighted by atomic mass is 10.0. The third kappa shape index (κ3) is 3.54. The summed E-state index contributed by atoms with van der Waals surface area (Å²) in [6, 6.07) is 24.5. The Kier molecular flexibility index (Phi) is 4.94. The molecule has 0 atom stereocenters. The van der Waals surface area contributed by atoms with Crippen molar-refractivity contribution >= 4 is 10.8 Å². The van der Waals surface area contributed by atoms with Gasteiger partial charge in [-0.3, -0.25) is 0 Å². The molecule has 4 nitrogen and oxygen atoms in total. The summed E-state index contributed by atoms with van der Waals surface area (Å²) in [7, 11) is 0. The van der Waals surface area contributed by atoms with Crippen molar-refractivity contribution in [2.24, 2.45) is 0 Å². The molecular formula is C22H18O4. The van der Waals surface area contributed by atoms with Gasteiger partial charge in [0.05, 0.1) is 0 Å². The summed E-state index contributed by atoms with van der Waals surface area (Å²) >= 11 is 0. The van der Waals surface area contributed by atoms with Gasteiger partial charge in [0.25, 0.3) is 0 Å². The Morgan fingerprint density at radius 3 is 1.50 bits per heavy atom. The van der Waals surface area contributed by atoms with Gasteiger partial charge in [0.15, 0.2) is 11.5 Å². The van der Waals surface area contributed by atoms with Gasteiger partial charge in [-0.05, 0) is 23.6 Å². The molecular weight excluding hydrogens is 328 g/mol. The van der Waals surface area contributed by atoms with E-state index in [0.29, 0.717) is 16.5 Å². The number of hydrogen-bond acceptors (Lipinski definition) is 4. The van der Waals surface area contributed by atoms with Crippen molar-refractivity contribution in [2.75, 3.05) is 0 Å². The van der Waals surface area contributed by atoms with E-state index >= 15 is 0 Å². The number of fused-ring (bicyclic) bond motifs is 1. The van der Waals surface area contributed by atoms with Crippen LogP contribution in [0.5, 0.6) is 23.0 Å². The summed E-state index contributed by atoms with van der Waals surface area (Å²) in [4.78, 5) is 0. The Bertz CT molecular complexity index is 997. The summed E-state index contributed by atoms with van der Waals surface area (Å²) in [5.41, 5.74) is 1.29. The highest BCUT2D eigenvalue weighted by Gasteiger charge is 2.06. The molecule has 0 spiro atoms. The number of hydrogen-bond donors (Lipinski definition) is 4. The van der Waals surface area contributed by atoms with Gasteiger partial charge in [-0.25, -0.2) is 0 Å². The highest BCUT2D eigenvalue weighted by Crippen LogP contribution is 2.34. The average Bonchev–Trinajstić information content (AvgIpc) is 2.67. The molecule has 4 aromatic rings. The Morgan fingerprint density at radius 1 is 0.423 bits per heavy atom. The summed E-state index contributed by atoms with van der Waals surface area (Å²) < 4.78 is 0. The molecule has 0 saturated carbocycles. The van der Waals surface area contributed by atoms with E-state index in [-0.39, 0.29) is 23.0 Å². The summed E-state index contributed by atoms with van der Waals surface area (Å²) in [6.45, 7) is 0. The highest BCUT2D eigenvalue weighted by atomic mass is 16.3. The molecule has 4 N–H and O–H groups in total. The zero-order chi connectivity index (χ0) is 18.5. The van der Waals surface area contributed by atoms with Crippen LogP contribution in [0.15, 0.2) is 84.9 Å². The van der Waals surface area contributed by atoms with Gasteiger partial charge in [-0.15, -0.1) is 0 Å². The quantitative estimate of drug-likeness (QED) is 0.365. The van der Waals surface area contributed by atoms with Crippen LogP contribution < -0.4 is 0 Å². The lowest BCUT2D eigenvalue weighted by molar-refractivity contribution is 0.408. The van der Waals surface area contributed by atoms with Crippen molar-refractivity contribution in [3.8, 4) is 34.1 Å². The molecule has 0 unspecified atom stereocenters. The molecule has 0 aliphatic heterocycles. The van der Waals surface area contributed by atoms with Crippen LogP contribution in [-0.2, 0) is 0 Å². The second-order valence-corrected chi connectivity index (χ2v) is 5.69. The second kappa shape index (κ2) is 7.49. The fourth-order valence-corrected chi connectivity index (χ4v) is 2.65. The normalized spacial score (nSPS) is 10.2. The van der Waals surface area contributed by atoms with Crippen LogP contribution in [-0.4, -0.2) is 20.4 Å². The number of phenolic OH excluding ortho intramolecular Hbond substituents is 4. The average molecular weight is 346 g/mol. The molecule has 0 bridgehead atoms. The van der Waals surface area contributed by atoms with Gasteiger partial charge in [0.1, 0.15) is 11.5 Å². The Balaban J connectivity index is 0.000000152. The van der Waals surface area contributed by atoms with Crippen LogP contribution in [0.2, 0.25) is 0 Å². The standard InChI is InChI=1S/C12H10O2.C10H8O2/c13-11-7-3-1-5-9(11)10-6-2-4-8-12(10)14;11-9-6-5-7-3-1-2-4-8(7)10(9)12/h1-8,13-14H;1-6,11-12H. The van der Waals surface area contributed by atoms with E-state index in [1.807, 2.05) is 30.3 Å². The largest absolute Gasteiger partial charge is 0.507 e. The van der Waals surface area contributed by atoms with E-state index in [4.69, 9.17) is 5.11 Å². The van der Waals surface area contributed by atoms with Crippen molar-refractivity contribution in [2.45, 2.75) is 0 Å². The number of para-hydroxylation sites is 2. The maximum Gasteiger partial charge on any atom is 0.165 e. The van der Waals surface area contributed by atoms with Gasteiger partial charge in [-0.1, -0.05) is 66.7 Å². The number of phenols is 4. The summed E-state index contributed by atoms with van der Waals surface area (Å²) in [5, 5.41) is 39.3. The molecule has 0 aromatic heterocycles. The fraction of sp³-hybridized carbons (Fsp3) is 0. The van der Waals surface area contributed by atoms with Crippen molar-refractivity contribution in [3.63, 3.8) is 0 Å². The molecule has 4 aromatic carbocycles. The predicted molar refractivity (Wildman–Crippen MR) is 102 cm³/mol. The van der Waals surface area contributed by atoms with Crippen LogP contribution in [0.4, 0.5) is 0 Å². The van der Waals surface area contributed by atoms with E-state index < -0.39 is 0 Å². The lowest BCUT2D eigenvalue weighted by Gasteiger charge is -2.05. The van der Waals surface area contributed by atoms with Gasteiger partial charge in [0.2, 0.25) is 0 Å². The van der Waals surface area contributed by atoms with E-state index in [1.54, 1.807) is 48.5 Å². The Labute approximate surface area is 150 Å². The molecule has 0 aliphatic rings. The van der Waals surface area contributed by atoms with Crippen LogP contribution in [0.1, 0.15) is 0 Å². The molecule has 0 fully saturated rings. The van der Waals surface area contributed by atoms with E-state index in [0.717, 1.165) is 5.39 Å². The molecule has 26 heavy (non-hydrogen) atoms. The topological polar surface area (TPSA) is 80.9 Å². The van der Waals surface area contributed by atoms with Gasteiger partial charge in [0, 0.05) is 16.5 Å². The highest BCUT2D eigenvalue weighted by molar-refractivity contribution is 5.90. The summed E-state index contributed by atoms with van der Waals surface area (Å²) in [6.07, 6.45) is 0. The molecule has 0 amide bonds. The first-order valence-electron chi connectivity index (χ1n) is 8.04. The molecule has 0 saturated heterocycles. The first-order valence-corrected chi connectivity index (χ1v) is 8.04. The first-order chi connectivity index (χ1) is 12.6. The van der Waals surface area contributed by atoms with Crippen LogP contribution >= 0.6 is 0 Å². The van der Waals surface area contributed by atoms with Crippen LogP contribution in [0, 0.1) is 0 Å². The lowest BCUT2D eigenvalue weighted by Crippen LogP contribution is -1.79. The van der Waals surface area contributed by atoms with Crippen LogP contribution in [0.25, 0.3) is 21.9 Å². The minimum atomic E-state index is -0.0753. The monoisotopic (exact) mass is 346 g/mol. The SMILES string of the molecule is Oc1ccc2ccccc2c1O.Oc1ccccc1-c1ccccc1O. The van der Waals surface area contributed by atoms with Crippen molar-refractivity contribution in [1.29, 1.82) is 0 Å². The zero-order valence-electron chi connectivity index (χ0n) is 13.9. The van der Waals surface area contributed by atoms with Gasteiger partial charge in [-0.2, -0.15) is 0 Å².